The summed E-state index contributed by atoms with van der Waals surface area (Å²) in [5, 5.41) is 10.6. The number of rotatable bonds is 66. The van der Waals surface area contributed by atoms with E-state index in [2.05, 4.69) is 55.4 Å². The van der Waals surface area contributed by atoms with Crippen LogP contribution < -0.4 is 0 Å². The zero-order chi connectivity index (χ0) is 65.4. The molecule has 0 aromatic carbocycles. The summed E-state index contributed by atoms with van der Waals surface area (Å²) in [6, 6.07) is 0. The Kier molecular flexibility index (Phi) is 57.6. The van der Waals surface area contributed by atoms with E-state index in [0.717, 1.165) is 114 Å². The van der Waals surface area contributed by atoms with E-state index in [1.165, 1.54) is 141 Å². The van der Waals surface area contributed by atoms with Gasteiger partial charge in [0.2, 0.25) is 0 Å². The summed E-state index contributed by atoms with van der Waals surface area (Å²) in [5.74, 6) is 0.859. The third-order valence-electron chi connectivity index (χ3n) is 16.2. The molecule has 19 heteroatoms. The van der Waals surface area contributed by atoms with Crippen LogP contribution in [0.5, 0.6) is 0 Å². The lowest BCUT2D eigenvalue weighted by atomic mass is 9.99. The second-order valence-electron chi connectivity index (χ2n) is 26.6. The summed E-state index contributed by atoms with van der Waals surface area (Å²) in [5.41, 5.74) is 0. The molecule has 0 aliphatic rings. The molecule has 17 nitrogen and oxygen atoms in total. The first kappa shape index (κ1) is 86.1. The molecule has 0 heterocycles. The molecule has 4 unspecified atom stereocenters. The minimum atomic E-state index is -4.95. The topological polar surface area (TPSA) is 237 Å². The number of hydrogen-bond donors (Lipinski definition) is 3. The van der Waals surface area contributed by atoms with Gasteiger partial charge in [-0.2, -0.15) is 0 Å². The molecular formula is C69H134O17P2. The number of phosphoric acid groups is 2. The van der Waals surface area contributed by atoms with Gasteiger partial charge in [-0.25, -0.2) is 9.13 Å². The molecule has 0 saturated heterocycles. The zero-order valence-electron chi connectivity index (χ0n) is 57.3. The van der Waals surface area contributed by atoms with Crippen LogP contribution in [0.15, 0.2) is 0 Å². The van der Waals surface area contributed by atoms with Gasteiger partial charge in [0, 0.05) is 25.7 Å². The van der Waals surface area contributed by atoms with Crippen LogP contribution in [0.3, 0.4) is 0 Å². The number of unbranched alkanes of at least 4 members (excludes halogenated alkanes) is 31. The molecule has 0 aliphatic heterocycles. The highest BCUT2D eigenvalue weighted by Gasteiger charge is 2.30. The molecule has 0 aliphatic carbocycles. The Balaban J connectivity index is 5.27. The first-order chi connectivity index (χ1) is 42.1. The Hall–Kier alpha value is -1.94. The van der Waals surface area contributed by atoms with E-state index < -0.39 is 97.5 Å². The summed E-state index contributed by atoms with van der Waals surface area (Å²) in [7, 11) is -9.90. The monoisotopic (exact) mass is 1300 g/mol. The fourth-order valence-electron chi connectivity index (χ4n) is 10.3. The van der Waals surface area contributed by atoms with Gasteiger partial charge in [-0.3, -0.25) is 37.3 Å². The number of aliphatic hydroxyl groups is 1. The highest BCUT2D eigenvalue weighted by Crippen LogP contribution is 2.45. The minimum absolute atomic E-state index is 0.104. The van der Waals surface area contributed by atoms with Crippen molar-refractivity contribution >= 4 is 39.5 Å². The van der Waals surface area contributed by atoms with E-state index in [1.54, 1.807) is 0 Å². The van der Waals surface area contributed by atoms with Crippen LogP contribution in [0.4, 0.5) is 0 Å². The third kappa shape index (κ3) is 61.6. The van der Waals surface area contributed by atoms with Gasteiger partial charge in [-0.1, -0.05) is 287 Å². The van der Waals surface area contributed by atoms with Crippen LogP contribution in [0.2, 0.25) is 0 Å². The summed E-state index contributed by atoms with van der Waals surface area (Å²) >= 11 is 0. The van der Waals surface area contributed by atoms with Crippen molar-refractivity contribution in [1.29, 1.82) is 0 Å². The average molecular weight is 1300 g/mol. The number of carbonyl (C=O) groups excluding carboxylic acids is 4. The van der Waals surface area contributed by atoms with E-state index in [4.69, 9.17) is 37.0 Å². The van der Waals surface area contributed by atoms with Gasteiger partial charge >= 0.3 is 39.5 Å². The van der Waals surface area contributed by atoms with Crippen LogP contribution in [0.1, 0.15) is 338 Å². The van der Waals surface area contributed by atoms with Crippen LogP contribution in [0.25, 0.3) is 0 Å². The maximum Gasteiger partial charge on any atom is 0.472 e. The van der Waals surface area contributed by atoms with Crippen LogP contribution in [-0.4, -0.2) is 96.7 Å². The van der Waals surface area contributed by atoms with Gasteiger partial charge < -0.3 is 33.8 Å². The van der Waals surface area contributed by atoms with Crippen molar-refractivity contribution in [2.24, 2.45) is 23.7 Å². The Morgan fingerprint density at radius 1 is 0.318 bits per heavy atom. The number of aliphatic hydroxyl groups excluding tert-OH is 1. The molecule has 0 bridgehead atoms. The molecule has 522 valence electrons. The van der Waals surface area contributed by atoms with Crippen LogP contribution >= 0.6 is 15.6 Å². The van der Waals surface area contributed by atoms with Gasteiger partial charge in [-0.15, -0.1) is 0 Å². The van der Waals surface area contributed by atoms with Gasteiger partial charge in [0.1, 0.15) is 19.3 Å². The molecule has 88 heavy (non-hydrogen) atoms. The number of hydrogen-bond acceptors (Lipinski definition) is 15. The smallest absolute Gasteiger partial charge is 0.462 e. The van der Waals surface area contributed by atoms with Crippen LogP contribution in [-0.2, 0) is 65.4 Å². The molecular weight excluding hydrogens is 1160 g/mol. The lowest BCUT2D eigenvalue weighted by Gasteiger charge is -2.21. The highest BCUT2D eigenvalue weighted by atomic mass is 31.2. The van der Waals surface area contributed by atoms with Gasteiger partial charge in [0.15, 0.2) is 12.2 Å². The van der Waals surface area contributed by atoms with E-state index in [9.17, 15) is 43.2 Å². The van der Waals surface area contributed by atoms with Crippen molar-refractivity contribution in [2.75, 3.05) is 39.6 Å². The van der Waals surface area contributed by atoms with Gasteiger partial charge in [0.05, 0.1) is 26.4 Å². The average Bonchev–Trinajstić information content (AvgIpc) is 3.49. The largest absolute Gasteiger partial charge is 0.472 e. The molecule has 0 spiro atoms. The van der Waals surface area contributed by atoms with E-state index >= 15 is 0 Å². The van der Waals surface area contributed by atoms with Crippen molar-refractivity contribution in [3.63, 3.8) is 0 Å². The quantitative estimate of drug-likeness (QED) is 0.0222. The predicted molar refractivity (Wildman–Crippen MR) is 354 cm³/mol. The standard InChI is InChI=1S/C69H134O17P2/c1-9-62(8)48-40-32-24-18-20-28-36-44-52-69(74)86-65(56-80-67(72)50-42-34-26-19-17-23-31-39-47-61(6)7)58-84-88(77,78)82-54-63(70)53-81-87(75,76)83-57-64(55-79-66(71)49-41-33-25-16-12-14-22-30-38-46-60(4)5)85-68(73)51-43-35-27-15-11-10-13-21-29-37-45-59(2)3/h59-65,70H,9-58H2,1-8H3,(H,75,76)(H,77,78)/t62?,63?,64-,65-/m1/s1. The number of ether oxygens (including phenoxy) is 4. The minimum Gasteiger partial charge on any atom is -0.462 e. The molecule has 0 amide bonds. The van der Waals surface area contributed by atoms with Crippen molar-refractivity contribution in [2.45, 2.75) is 356 Å². The molecule has 6 atom stereocenters. The molecule has 0 aromatic rings. The number of esters is 4. The number of phosphoric ester groups is 2. The Bertz CT molecular complexity index is 1750. The fourth-order valence-corrected chi connectivity index (χ4v) is 11.9. The maximum atomic E-state index is 13.0. The Morgan fingerprint density at radius 3 is 0.807 bits per heavy atom. The van der Waals surface area contributed by atoms with E-state index in [1.807, 2.05) is 0 Å². The van der Waals surface area contributed by atoms with Crippen LogP contribution in [0, 0.1) is 23.7 Å². The summed E-state index contributed by atoms with van der Waals surface area (Å²) in [4.78, 5) is 72.5. The first-order valence-corrected chi connectivity index (χ1v) is 38.7. The Morgan fingerprint density at radius 2 is 0.545 bits per heavy atom. The molecule has 0 saturated carbocycles. The molecule has 0 fully saturated rings. The van der Waals surface area contributed by atoms with Gasteiger partial charge in [-0.05, 0) is 49.4 Å². The van der Waals surface area contributed by atoms with E-state index in [0.29, 0.717) is 25.7 Å². The highest BCUT2D eigenvalue weighted by molar-refractivity contribution is 7.47. The second-order valence-corrected chi connectivity index (χ2v) is 29.5. The number of carbonyl (C=O) groups is 4. The summed E-state index contributed by atoms with van der Waals surface area (Å²) in [6.07, 6.45) is 40.3. The van der Waals surface area contributed by atoms with Crippen molar-refractivity contribution in [3.8, 4) is 0 Å². The SMILES string of the molecule is CCC(C)CCCCCCCCCCC(=O)O[C@H](COC(=O)CCCCCCCCCCC(C)C)COP(=O)(O)OCC(O)COP(=O)(O)OC[C@@H](COC(=O)CCCCCCCCCCCC(C)C)OC(=O)CCCCCCCCCCCCC(C)C. The normalized spacial score (nSPS) is 14.6. The predicted octanol–water partition coefficient (Wildman–Crippen LogP) is 19.3. The second kappa shape index (κ2) is 58.8. The summed E-state index contributed by atoms with van der Waals surface area (Å²) in [6.45, 7) is 14.1. The third-order valence-corrected chi connectivity index (χ3v) is 18.1. The Labute approximate surface area is 537 Å². The molecule has 0 rings (SSSR count). The molecule has 3 N–H and O–H groups in total. The van der Waals surface area contributed by atoms with Crippen molar-refractivity contribution in [3.05, 3.63) is 0 Å². The maximum absolute atomic E-state index is 13.0. The first-order valence-electron chi connectivity index (χ1n) is 35.7. The van der Waals surface area contributed by atoms with Gasteiger partial charge in [0.25, 0.3) is 0 Å². The van der Waals surface area contributed by atoms with Crippen molar-refractivity contribution in [1.82, 2.24) is 0 Å². The lowest BCUT2D eigenvalue weighted by molar-refractivity contribution is -0.161. The molecule has 0 aromatic heterocycles. The lowest BCUT2D eigenvalue weighted by Crippen LogP contribution is -2.30. The fraction of sp³-hybridized carbons (Fsp3) is 0.942. The zero-order valence-corrected chi connectivity index (χ0v) is 59.1. The van der Waals surface area contributed by atoms with Crippen molar-refractivity contribution < 1.29 is 80.2 Å². The van der Waals surface area contributed by atoms with E-state index in [-0.39, 0.29) is 25.7 Å². The molecule has 0 radical (unpaired) electrons. The summed E-state index contributed by atoms with van der Waals surface area (Å²) < 4.78 is 68.2.